The summed E-state index contributed by atoms with van der Waals surface area (Å²) in [6.45, 7) is 0.555. The molecule has 0 bridgehead atoms. The lowest BCUT2D eigenvalue weighted by Crippen LogP contribution is -2.55. The summed E-state index contributed by atoms with van der Waals surface area (Å²) in [5, 5.41) is 14.9. The van der Waals surface area contributed by atoms with Gasteiger partial charge in [0.2, 0.25) is 0 Å². The van der Waals surface area contributed by atoms with Crippen molar-refractivity contribution in [2.24, 2.45) is 7.05 Å². The van der Waals surface area contributed by atoms with Crippen molar-refractivity contribution in [1.29, 1.82) is 0 Å². The predicted molar refractivity (Wildman–Crippen MR) is 135 cm³/mol. The maximum atomic E-state index is 13.8. The zero-order chi connectivity index (χ0) is 24.1. The van der Waals surface area contributed by atoms with Crippen molar-refractivity contribution < 1.29 is 9.90 Å². The van der Waals surface area contributed by atoms with Crippen LogP contribution in [0.25, 0.3) is 11.3 Å². The van der Waals surface area contributed by atoms with Crippen LogP contribution in [0.5, 0.6) is 0 Å². The Kier molecular flexibility index (Phi) is 5.60. The number of benzene rings is 1. The lowest BCUT2D eigenvalue weighted by molar-refractivity contribution is 0.0167. The Labute approximate surface area is 206 Å². The minimum Gasteiger partial charge on any atom is -0.391 e. The molecule has 7 heteroatoms. The highest BCUT2D eigenvalue weighted by Crippen LogP contribution is 2.41. The summed E-state index contributed by atoms with van der Waals surface area (Å²) in [4.78, 5) is 22.6. The molecule has 1 fully saturated rings. The van der Waals surface area contributed by atoms with Gasteiger partial charge in [-0.2, -0.15) is 5.10 Å². The molecule has 1 N–H and O–H groups in total. The minimum atomic E-state index is -0.430. The van der Waals surface area contributed by atoms with E-state index in [2.05, 4.69) is 40.2 Å². The Morgan fingerprint density at radius 1 is 1.06 bits per heavy atom. The van der Waals surface area contributed by atoms with E-state index in [4.69, 9.17) is 0 Å². The fraction of sp³-hybridized carbons (Fsp3) is 0.464. The smallest absolute Gasteiger partial charge is 0.257 e. The number of aliphatic hydroxyl groups is 1. The highest BCUT2D eigenvalue weighted by Gasteiger charge is 2.39. The summed E-state index contributed by atoms with van der Waals surface area (Å²) in [7, 11) is 4.00. The van der Waals surface area contributed by atoms with Crippen LogP contribution in [-0.4, -0.2) is 56.5 Å². The molecule has 3 aliphatic rings. The molecule has 3 aromatic rings. The molecule has 1 amide bonds. The predicted octanol–water partition coefficient (Wildman–Crippen LogP) is 3.71. The standard InChI is InChI=1S/C28H33N5O2/c1-31-17-33(25-8-3-4-9-26(25)34)28(35)23-13-19(21-6-5-7-22(21)27(23)31)12-18-10-11-24(29-14-18)20-15-30-32(2)16-20/h10-11,13-16,25-26,34H,3-9,12,17H2,1-2H3. The summed E-state index contributed by atoms with van der Waals surface area (Å²) in [6.07, 6.45) is 13.1. The average Bonchev–Trinajstić information content (AvgIpc) is 3.52. The van der Waals surface area contributed by atoms with Gasteiger partial charge in [0.25, 0.3) is 5.91 Å². The van der Waals surface area contributed by atoms with Crippen LogP contribution in [0.15, 0.2) is 36.8 Å². The van der Waals surface area contributed by atoms with E-state index in [1.165, 1.54) is 16.7 Å². The normalized spacial score (nSPS) is 21.9. The van der Waals surface area contributed by atoms with E-state index < -0.39 is 6.10 Å². The summed E-state index contributed by atoms with van der Waals surface area (Å²) < 4.78 is 1.78. The fourth-order valence-corrected chi connectivity index (χ4v) is 6.31. The highest BCUT2D eigenvalue weighted by atomic mass is 16.3. The van der Waals surface area contributed by atoms with Crippen LogP contribution in [0, 0.1) is 0 Å². The number of aryl methyl sites for hydroxylation is 1. The number of fused-ring (bicyclic) bond motifs is 3. The molecule has 3 heterocycles. The van der Waals surface area contributed by atoms with E-state index in [-0.39, 0.29) is 11.9 Å². The van der Waals surface area contributed by atoms with Crippen LogP contribution in [0.1, 0.15) is 64.7 Å². The number of hydrogen-bond acceptors (Lipinski definition) is 5. The molecule has 2 unspecified atom stereocenters. The number of carbonyl (C=O) groups excluding carboxylic acids is 1. The van der Waals surface area contributed by atoms with Crippen molar-refractivity contribution >= 4 is 11.6 Å². The molecule has 6 rings (SSSR count). The Bertz CT molecular complexity index is 1270. The zero-order valence-electron chi connectivity index (χ0n) is 20.6. The van der Waals surface area contributed by atoms with E-state index in [0.717, 1.165) is 79.4 Å². The van der Waals surface area contributed by atoms with Crippen molar-refractivity contribution in [1.82, 2.24) is 19.7 Å². The monoisotopic (exact) mass is 471 g/mol. The summed E-state index contributed by atoms with van der Waals surface area (Å²) >= 11 is 0. The number of aliphatic hydroxyl groups excluding tert-OH is 1. The van der Waals surface area contributed by atoms with Crippen LogP contribution in [0.3, 0.4) is 0 Å². The zero-order valence-corrected chi connectivity index (χ0v) is 20.6. The second-order valence-electron chi connectivity index (χ2n) is 10.4. The molecule has 182 valence electrons. The number of amides is 1. The van der Waals surface area contributed by atoms with E-state index in [1.807, 2.05) is 30.5 Å². The topological polar surface area (TPSA) is 74.5 Å². The Morgan fingerprint density at radius 3 is 2.63 bits per heavy atom. The molecule has 0 radical (unpaired) electrons. The average molecular weight is 472 g/mol. The van der Waals surface area contributed by atoms with Crippen molar-refractivity contribution in [3.05, 3.63) is 64.6 Å². The lowest BCUT2D eigenvalue weighted by Gasteiger charge is -2.44. The highest BCUT2D eigenvalue weighted by molar-refractivity contribution is 6.03. The van der Waals surface area contributed by atoms with Gasteiger partial charge in [-0.25, -0.2) is 0 Å². The van der Waals surface area contributed by atoms with Crippen molar-refractivity contribution in [2.45, 2.75) is 63.5 Å². The number of hydrogen-bond donors (Lipinski definition) is 1. The number of aromatic nitrogens is 3. The molecule has 2 aromatic heterocycles. The first kappa shape index (κ1) is 22.3. The largest absolute Gasteiger partial charge is 0.391 e. The van der Waals surface area contributed by atoms with E-state index in [9.17, 15) is 9.90 Å². The van der Waals surface area contributed by atoms with Crippen molar-refractivity contribution in [3.63, 3.8) is 0 Å². The molecule has 1 aliphatic heterocycles. The molecule has 7 nitrogen and oxygen atoms in total. The van der Waals surface area contributed by atoms with Crippen LogP contribution in [-0.2, 0) is 26.3 Å². The molecule has 1 saturated carbocycles. The fourth-order valence-electron chi connectivity index (χ4n) is 6.31. The lowest BCUT2D eigenvalue weighted by atomic mass is 9.88. The Morgan fingerprint density at radius 2 is 1.89 bits per heavy atom. The van der Waals surface area contributed by atoms with Gasteiger partial charge in [0.15, 0.2) is 0 Å². The van der Waals surface area contributed by atoms with Crippen LogP contribution in [0.4, 0.5) is 5.69 Å². The van der Waals surface area contributed by atoms with Crippen molar-refractivity contribution in [3.8, 4) is 11.3 Å². The first-order valence-electron chi connectivity index (χ1n) is 12.8. The Balaban J connectivity index is 1.33. The Hall–Kier alpha value is -3.19. The third-order valence-electron chi connectivity index (χ3n) is 8.02. The van der Waals surface area contributed by atoms with Crippen LogP contribution in [0.2, 0.25) is 0 Å². The first-order valence-corrected chi connectivity index (χ1v) is 12.8. The third kappa shape index (κ3) is 3.92. The molecular formula is C28H33N5O2. The minimum absolute atomic E-state index is 0.0741. The second-order valence-corrected chi connectivity index (χ2v) is 10.4. The SMILES string of the molecule is CN1CN(C2CCCCC2O)C(=O)c2cc(Cc3ccc(-c4cnn(C)c4)nc3)c3c(c21)CCC3. The molecule has 2 atom stereocenters. The molecule has 0 spiro atoms. The molecule has 2 aliphatic carbocycles. The van der Waals surface area contributed by atoms with Crippen molar-refractivity contribution in [2.75, 3.05) is 18.6 Å². The summed E-state index contributed by atoms with van der Waals surface area (Å²) in [5.41, 5.74) is 8.96. The van der Waals surface area contributed by atoms with Gasteiger partial charge in [0.05, 0.1) is 42.0 Å². The number of rotatable bonds is 4. The van der Waals surface area contributed by atoms with Gasteiger partial charge < -0.3 is 14.9 Å². The van der Waals surface area contributed by atoms with Gasteiger partial charge in [0, 0.05) is 32.1 Å². The maximum absolute atomic E-state index is 13.8. The van der Waals surface area contributed by atoms with Gasteiger partial charge in [0.1, 0.15) is 0 Å². The number of pyridine rings is 1. The van der Waals surface area contributed by atoms with E-state index >= 15 is 0 Å². The van der Waals surface area contributed by atoms with E-state index in [0.29, 0.717) is 6.67 Å². The van der Waals surface area contributed by atoms with Gasteiger partial charge >= 0.3 is 0 Å². The maximum Gasteiger partial charge on any atom is 0.257 e. The molecule has 0 saturated heterocycles. The number of anilines is 1. The summed E-state index contributed by atoms with van der Waals surface area (Å²) in [6, 6.07) is 6.23. The van der Waals surface area contributed by atoms with Gasteiger partial charge in [-0.05, 0) is 72.9 Å². The van der Waals surface area contributed by atoms with Gasteiger partial charge in [-0.1, -0.05) is 18.9 Å². The number of nitrogens with zero attached hydrogens (tertiary/aromatic N) is 5. The second kappa shape index (κ2) is 8.79. The van der Waals surface area contributed by atoms with Crippen LogP contribution < -0.4 is 4.90 Å². The quantitative estimate of drug-likeness (QED) is 0.628. The van der Waals surface area contributed by atoms with E-state index in [1.54, 1.807) is 4.68 Å². The van der Waals surface area contributed by atoms with Gasteiger partial charge in [-0.3, -0.25) is 14.5 Å². The molecular weight excluding hydrogens is 438 g/mol. The molecule has 1 aromatic carbocycles. The summed E-state index contributed by atoms with van der Waals surface area (Å²) in [5.74, 6) is 0.0741. The van der Waals surface area contributed by atoms with Crippen LogP contribution >= 0.6 is 0 Å². The number of carbonyl (C=O) groups is 1. The van der Waals surface area contributed by atoms with Gasteiger partial charge in [-0.15, -0.1) is 0 Å². The third-order valence-corrected chi connectivity index (χ3v) is 8.02. The first-order chi connectivity index (χ1) is 17.0. The molecule has 35 heavy (non-hydrogen) atoms.